The first-order valence-electron chi connectivity index (χ1n) is 5.21. The molecule has 1 atom stereocenters. The molecule has 1 aromatic carbocycles. The highest BCUT2D eigenvalue weighted by molar-refractivity contribution is 7.98. The third-order valence-corrected chi connectivity index (χ3v) is 3.44. The summed E-state index contributed by atoms with van der Waals surface area (Å²) < 4.78 is 5.13. The molecule has 0 aliphatic heterocycles. The van der Waals surface area contributed by atoms with E-state index in [-0.39, 0.29) is 5.25 Å². The summed E-state index contributed by atoms with van der Waals surface area (Å²) in [5.74, 6) is 2.37. The first-order valence-corrected chi connectivity index (χ1v) is 6.26. The average Bonchev–Trinajstić information content (AvgIpc) is 2.74. The van der Waals surface area contributed by atoms with E-state index in [1.165, 1.54) is 5.56 Å². The number of aromatic nitrogens is 2. The largest absolute Gasteiger partial charge is 0.338 e. The second-order valence-corrected chi connectivity index (χ2v) is 4.95. The maximum absolute atomic E-state index is 5.13. The molecule has 0 aliphatic carbocycles. The fourth-order valence-corrected chi connectivity index (χ4v) is 2.22. The van der Waals surface area contributed by atoms with Gasteiger partial charge in [0.05, 0.1) is 5.25 Å². The minimum atomic E-state index is 0.237. The van der Waals surface area contributed by atoms with Gasteiger partial charge in [-0.25, -0.2) is 0 Å². The third-order valence-electron chi connectivity index (χ3n) is 2.23. The van der Waals surface area contributed by atoms with Crippen LogP contribution in [0, 0.1) is 6.92 Å². The van der Waals surface area contributed by atoms with Crippen LogP contribution in [0.5, 0.6) is 0 Å². The van der Waals surface area contributed by atoms with Gasteiger partial charge in [0.15, 0.2) is 5.82 Å². The van der Waals surface area contributed by atoms with Crippen LogP contribution >= 0.6 is 11.8 Å². The van der Waals surface area contributed by atoms with Gasteiger partial charge in [0.1, 0.15) is 0 Å². The molecule has 2 rings (SSSR count). The molecule has 0 radical (unpaired) electrons. The molecule has 0 N–H and O–H groups in total. The van der Waals surface area contributed by atoms with Crippen LogP contribution < -0.4 is 0 Å². The van der Waals surface area contributed by atoms with Gasteiger partial charge < -0.3 is 4.52 Å². The van der Waals surface area contributed by atoms with Crippen molar-refractivity contribution in [1.82, 2.24) is 10.1 Å². The Kier molecular flexibility index (Phi) is 3.62. The van der Waals surface area contributed by atoms with E-state index in [0.717, 1.165) is 5.75 Å². The molecule has 0 amide bonds. The molecule has 3 nitrogen and oxygen atoms in total. The number of nitrogens with zero attached hydrogens (tertiary/aromatic N) is 2. The molecule has 0 aliphatic rings. The molecule has 0 fully saturated rings. The molecule has 0 spiro atoms. The van der Waals surface area contributed by atoms with Crippen molar-refractivity contribution in [2.45, 2.75) is 24.9 Å². The van der Waals surface area contributed by atoms with Gasteiger partial charge in [-0.05, 0) is 19.4 Å². The normalized spacial score (nSPS) is 12.6. The lowest BCUT2D eigenvalue weighted by Gasteiger charge is -2.05. The van der Waals surface area contributed by atoms with Crippen molar-refractivity contribution in [1.29, 1.82) is 0 Å². The van der Waals surface area contributed by atoms with Crippen molar-refractivity contribution in [3.05, 3.63) is 47.6 Å². The summed E-state index contributed by atoms with van der Waals surface area (Å²) in [6, 6.07) is 10.4. The molecule has 0 saturated heterocycles. The number of hydrogen-bond acceptors (Lipinski definition) is 4. The monoisotopic (exact) mass is 234 g/mol. The zero-order valence-electron chi connectivity index (χ0n) is 9.38. The summed E-state index contributed by atoms with van der Waals surface area (Å²) >= 11 is 1.80. The Morgan fingerprint density at radius 3 is 2.69 bits per heavy atom. The Labute approximate surface area is 99.3 Å². The van der Waals surface area contributed by atoms with Crippen LogP contribution in [0.15, 0.2) is 34.9 Å². The van der Waals surface area contributed by atoms with E-state index in [0.29, 0.717) is 11.7 Å². The Morgan fingerprint density at radius 1 is 1.31 bits per heavy atom. The SMILES string of the molecule is Cc1noc([C@H](C)SCc2ccccc2)n1. The van der Waals surface area contributed by atoms with Crippen molar-refractivity contribution in [2.75, 3.05) is 0 Å². The van der Waals surface area contributed by atoms with Gasteiger partial charge in [0, 0.05) is 5.75 Å². The zero-order valence-corrected chi connectivity index (χ0v) is 10.2. The first kappa shape index (κ1) is 11.2. The smallest absolute Gasteiger partial charge is 0.239 e. The fourth-order valence-electron chi connectivity index (χ4n) is 1.34. The summed E-state index contributed by atoms with van der Waals surface area (Å²) in [4.78, 5) is 4.22. The van der Waals surface area contributed by atoms with Crippen molar-refractivity contribution in [2.24, 2.45) is 0 Å². The van der Waals surface area contributed by atoms with Crippen molar-refractivity contribution < 1.29 is 4.52 Å². The highest BCUT2D eigenvalue weighted by Gasteiger charge is 2.12. The highest BCUT2D eigenvalue weighted by Crippen LogP contribution is 2.29. The Balaban J connectivity index is 1.91. The maximum Gasteiger partial charge on any atom is 0.239 e. The van der Waals surface area contributed by atoms with E-state index < -0.39 is 0 Å². The number of aryl methyl sites for hydroxylation is 1. The predicted molar refractivity (Wildman–Crippen MR) is 65.2 cm³/mol. The molecule has 2 aromatic rings. The molecule has 1 heterocycles. The van der Waals surface area contributed by atoms with E-state index in [2.05, 4.69) is 41.3 Å². The Morgan fingerprint density at radius 2 is 2.06 bits per heavy atom. The number of hydrogen-bond donors (Lipinski definition) is 0. The molecule has 0 saturated carbocycles. The summed E-state index contributed by atoms with van der Waals surface area (Å²) in [7, 11) is 0. The van der Waals surface area contributed by atoms with Crippen LogP contribution in [0.4, 0.5) is 0 Å². The van der Waals surface area contributed by atoms with Crippen LogP contribution in [0.25, 0.3) is 0 Å². The number of benzene rings is 1. The topological polar surface area (TPSA) is 38.9 Å². The molecule has 84 valence electrons. The van der Waals surface area contributed by atoms with Crippen LogP contribution in [-0.4, -0.2) is 10.1 Å². The van der Waals surface area contributed by atoms with Gasteiger partial charge in [-0.15, -0.1) is 11.8 Å². The predicted octanol–water partition coefficient (Wildman–Crippen LogP) is 3.37. The first-order chi connectivity index (χ1) is 7.75. The molecular formula is C12H14N2OS. The molecule has 1 aromatic heterocycles. The van der Waals surface area contributed by atoms with Crippen molar-refractivity contribution in [3.63, 3.8) is 0 Å². The van der Waals surface area contributed by atoms with Crippen molar-refractivity contribution >= 4 is 11.8 Å². The third kappa shape index (κ3) is 2.85. The summed E-state index contributed by atoms with van der Waals surface area (Å²) in [5.41, 5.74) is 1.32. The van der Waals surface area contributed by atoms with E-state index in [4.69, 9.17) is 4.52 Å². The lowest BCUT2D eigenvalue weighted by Crippen LogP contribution is -1.90. The Hall–Kier alpha value is -1.29. The van der Waals surface area contributed by atoms with E-state index >= 15 is 0 Å². The van der Waals surface area contributed by atoms with Gasteiger partial charge in [0.2, 0.25) is 5.89 Å². The van der Waals surface area contributed by atoms with Gasteiger partial charge >= 0.3 is 0 Å². The molecule has 0 bridgehead atoms. The van der Waals surface area contributed by atoms with Gasteiger partial charge in [-0.1, -0.05) is 35.5 Å². The van der Waals surface area contributed by atoms with E-state index in [1.54, 1.807) is 11.8 Å². The van der Waals surface area contributed by atoms with Crippen LogP contribution in [0.3, 0.4) is 0 Å². The van der Waals surface area contributed by atoms with Gasteiger partial charge in [-0.3, -0.25) is 0 Å². The highest BCUT2D eigenvalue weighted by atomic mass is 32.2. The standard InChI is InChI=1S/C12H14N2OS/c1-9(12-13-10(2)14-15-12)16-8-11-6-4-3-5-7-11/h3-7,9H,8H2,1-2H3/t9-/m0/s1. The molecule has 16 heavy (non-hydrogen) atoms. The minimum absolute atomic E-state index is 0.237. The lowest BCUT2D eigenvalue weighted by atomic mass is 10.2. The Bertz CT molecular complexity index is 441. The van der Waals surface area contributed by atoms with E-state index in [9.17, 15) is 0 Å². The van der Waals surface area contributed by atoms with E-state index in [1.807, 2.05) is 13.0 Å². The van der Waals surface area contributed by atoms with Gasteiger partial charge in [-0.2, -0.15) is 4.98 Å². The zero-order chi connectivity index (χ0) is 11.4. The quantitative estimate of drug-likeness (QED) is 0.813. The molecule has 0 unspecified atom stereocenters. The van der Waals surface area contributed by atoms with Crippen LogP contribution in [0.2, 0.25) is 0 Å². The average molecular weight is 234 g/mol. The fraction of sp³-hybridized carbons (Fsp3) is 0.333. The second-order valence-electron chi connectivity index (χ2n) is 3.62. The lowest BCUT2D eigenvalue weighted by molar-refractivity contribution is 0.376. The summed E-state index contributed by atoms with van der Waals surface area (Å²) in [6.45, 7) is 3.92. The van der Waals surface area contributed by atoms with Crippen molar-refractivity contribution in [3.8, 4) is 0 Å². The van der Waals surface area contributed by atoms with Crippen LogP contribution in [0.1, 0.15) is 29.5 Å². The summed E-state index contributed by atoms with van der Waals surface area (Å²) in [6.07, 6.45) is 0. The van der Waals surface area contributed by atoms with Crippen LogP contribution in [-0.2, 0) is 5.75 Å². The maximum atomic E-state index is 5.13. The number of thioether (sulfide) groups is 1. The minimum Gasteiger partial charge on any atom is -0.338 e. The molecular weight excluding hydrogens is 220 g/mol. The molecule has 4 heteroatoms. The van der Waals surface area contributed by atoms with Gasteiger partial charge in [0.25, 0.3) is 0 Å². The summed E-state index contributed by atoms with van der Waals surface area (Å²) in [5, 5.41) is 4.03. The number of rotatable bonds is 4. The second kappa shape index (κ2) is 5.16.